The predicted octanol–water partition coefficient (Wildman–Crippen LogP) is 5.30. The van der Waals surface area contributed by atoms with Gasteiger partial charge in [0.2, 0.25) is 0 Å². The van der Waals surface area contributed by atoms with Crippen LogP contribution in [0.2, 0.25) is 0 Å². The average molecular weight is 705 g/mol. The number of nitrogens with one attached hydrogen (secondary N) is 4. The standard InChI is InChI=1S/C40H36N10O3/c1-49(2)19-21(20-50(3)4)53-29-18-17-28-30(31(29)40(51)52)39-47-37-27-16-10-9-15-26(27)35(45-37)43-33-23-12-6-5-11-22(23)32(41-33)42-34-24-13-7-8-14-25(24)36(44-34)46-38(28)48-39/h5-18,21H,19-20H2,1-4H3,(H,51,52)(H4,41,42,43,44,45,46,47,48). The van der Waals surface area contributed by atoms with E-state index in [1.807, 2.05) is 117 Å². The van der Waals surface area contributed by atoms with Crippen LogP contribution in [0, 0.1) is 0 Å². The van der Waals surface area contributed by atoms with Gasteiger partial charge < -0.3 is 39.6 Å². The molecule has 0 radical (unpaired) electrons. The lowest BCUT2D eigenvalue weighted by Gasteiger charge is -2.26. The van der Waals surface area contributed by atoms with E-state index in [2.05, 4.69) is 19.9 Å². The summed E-state index contributed by atoms with van der Waals surface area (Å²) >= 11 is 0. The Kier molecular flexibility index (Phi) is 7.68. The fourth-order valence-electron chi connectivity index (χ4n) is 7.28. The van der Waals surface area contributed by atoms with Crippen LogP contribution in [-0.4, -0.2) is 88.2 Å². The van der Waals surface area contributed by atoms with Gasteiger partial charge in [0, 0.05) is 56.2 Å². The number of likely N-dealkylation sites (N-methyl/N-ethyl adjacent to an activating group) is 2. The normalized spacial score (nSPS) is 12.8. The van der Waals surface area contributed by atoms with Crippen molar-refractivity contribution in [1.29, 1.82) is 0 Å². The molecule has 0 atom stereocenters. The van der Waals surface area contributed by atoms with Crippen LogP contribution in [0.25, 0.3) is 43.1 Å². The van der Waals surface area contributed by atoms with Gasteiger partial charge in [-0.1, -0.05) is 72.8 Å². The van der Waals surface area contributed by atoms with E-state index < -0.39 is 5.97 Å². The number of carboxylic acid groups (broad SMARTS) is 1. The molecule has 13 heteroatoms. The second kappa shape index (κ2) is 12.6. The molecule has 9 rings (SSSR count). The fraction of sp³-hybridized carbons (Fsp3) is 0.175. The van der Waals surface area contributed by atoms with E-state index in [4.69, 9.17) is 24.7 Å². The highest BCUT2D eigenvalue weighted by Crippen LogP contribution is 2.40. The summed E-state index contributed by atoms with van der Waals surface area (Å²) in [6, 6.07) is 27.3. The zero-order valence-electron chi connectivity index (χ0n) is 29.5. The summed E-state index contributed by atoms with van der Waals surface area (Å²) in [4.78, 5) is 51.5. The lowest BCUT2D eigenvalue weighted by atomic mass is 10.1. The monoisotopic (exact) mass is 704 g/mol. The van der Waals surface area contributed by atoms with E-state index in [0.717, 1.165) is 32.3 Å². The Bertz CT molecular complexity index is 2990. The Hall–Kier alpha value is -6.57. The van der Waals surface area contributed by atoms with Gasteiger partial charge in [0.1, 0.15) is 62.6 Å². The van der Waals surface area contributed by atoms with Crippen molar-refractivity contribution in [2.24, 2.45) is 20.0 Å². The van der Waals surface area contributed by atoms with Gasteiger partial charge in [0.15, 0.2) is 0 Å². The molecule has 0 spiro atoms. The Morgan fingerprint density at radius 1 is 0.566 bits per heavy atom. The molecule has 4 aromatic heterocycles. The van der Waals surface area contributed by atoms with E-state index in [1.165, 1.54) is 0 Å². The number of ether oxygens (including phenoxy) is 1. The number of fused-ring (bicyclic) bond motifs is 20. The highest BCUT2D eigenvalue weighted by atomic mass is 16.5. The number of aromatic nitrogens is 4. The molecule has 264 valence electrons. The minimum atomic E-state index is -1.14. The predicted molar refractivity (Wildman–Crippen MR) is 205 cm³/mol. The van der Waals surface area contributed by atoms with E-state index in [-0.39, 0.29) is 17.4 Å². The third-order valence-electron chi connectivity index (χ3n) is 9.46. The van der Waals surface area contributed by atoms with Crippen molar-refractivity contribution in [3.8, 4) is 5.75 Å². The van der Waals surface area contributed by atoms with Crippen molar-refractivity contribution >= 4 is 72.3 Å². The summed E-state index contributed by atoms with van der Waals surface area (Å²) in [5.74, 6) is 1.15. The SMILES string of the molecule is CN(C)CC(CN(C)C)Oc1ccc2c3[nH]c(c2c1C(=O)O)N=c1[nH]c(c2ccccc12)=Nc1[nH]c(c2ccccc12)N=c1[nH]c(c2ccccc12)=N3. The van der Waals surface area contributed by atoms with Gasteiger partial charge in [-0.2, -0.15) is 0 Å². The first-order chi connectivity index (χ1) is 25.7. The third kappa shape index (κ3) is 5.62. The number of H-pyrrole nitrogens is 4. The van der Waals surface area contributed by atoms with Crippen LogP contribution in [0.5, 0.6) is 5.75 Å². The second-order valence-corrected chi connectivity index (χ2v) is 13.8. The molecule has 0 unspecified atom stereocenters. The number of rotatable bonds is 7. The zero-order valence-corrected chi connectivity index (χ0v) is 29.5. The van der Waals surface area contributed by atoms with Crippen LogP contribution in [0.3, 0.4) is 0 Å². The Labute approximate surface area is 301 Å². The Morgan fingerprint density at radius 3 is 1.40 bits per heavy atom. The van der Waals surface area contributed by atoms with Gasteiger partial charge in [-0.05, 0) is 40.3 Å². The summed E-state index contributed by atoms with van der Waals surface area (Å²) in [6.45, 7) is 1.18. The largest absolute Gasteiger partial charge is 0.487 e. The topological polar surface area (TPSA) is 166 Å². The summed E-state index contributed by atoms with van der Waals surface area (Å²) in [6.07, 6.45) is -0.304. The molecule has 13 nitrogen and oxygen atoms in total. The van der Waals surface area contributed by atoms with E-state index in [0.29, 0.717) is 69.1 Å². The van der Waals surface area contributed by atoms with Crippen molar-refractivity contribution in [1.82, 2.24) is 29.7 Å². The number of hydrogen-bond acceptors (Lipinski definition) is 8. The molecule has 1 aliphatic heterocycles. The molecule has 0 fully saturated rings. The highest BCUT2D eigenvalue weighted by Gasteiger charge is 2.25. The maximum absolute atomic E-state index is 13.3. The number of carbonyl (C=O) groups is 1. The molecule has 5 N–H and O–H groups in total. The van der Waals surface area contributed by atoms with Gasteiger partial charge in [0.25, 0.3) is 0 Å². The lowest BCUT2D eigenvalue weighted by molar-refractivity contribution is 0.0686. The minimum Gasteiger partial charge on any atom is -0.487 e. The molecule has 0 aliphatic carbocycles. The number of aromatic carboxylic acids is 1. The van der Waals surface area contributed by atoms with Crippen LogP contribution in [0.4, 0.5) is 23.3 Å². The van der Waals surface area contributed by atoms with Crippen LogP contribution in [-0.2, 0) is 0 Å². The van der Waals surface area contributed by atoms with Gasteiger partial charge in [-0.15, -0.1) is 0 Å². The number of hydrogen-bond donors (Lipinski definition) is 5. The number of carboxylic acids is 1. The Balaban J connectivity index is 1.40. The lowest BCUT2D eigenvalue weighted by Crippen LogP contribution is -2.39. The summed E-state index contributed by atoms with van der Waals surface area (Å²) in [5, 5.41) is 17.0. The van der Waals surface area contributed by atoms with Crippen LogP contribution in [0.15, 0.2) is 105 Å². The molecule has 8 aromatic rings. The maximum atomic E-state index is 13.3. The summed E-state index contributed by atoms with van der Waals surface area (Å²) in [5.41, 5.74) is 2.28. The minimum absolute atomic E-state index is 0.00254. The molecule has 8 bridgehead atoms. The summed E-state index contributed by atoms with van der Waals surface area (Å²) < 4.78 is 6.51. The Morgan fingerprint density at radius 2 is 0.962 bits per heavy atom. The van der Waals surface area contributed by atoms with Crippen molar-refractivity contribution < 1.29 is 14.6 Å². The second-order valence-electron chi connectivity index (χ2n) is 13.8. The van der Waals surface area contributed by atoms with E-state index in [9.17, 15) is 9.90 Å². The average Bonchev–Trinajstić information content (AvgIpc) is 3.86. The van der Waals surface area contributed by atoms with Crippen molar-refractivity contribution in [3.05, 3.63) is 112 Å². The molecule has 0 amide bonds. The molecular formula is C40H36N10O3. The smallest absolute Gasteiger partial charge is 0.340 e. The first-order valence-corrected chi connectivity index (χ1v) is 17.3. The molecule has 1 aliphatic rings. The number of benzene rings is 4. The molecule has 53 heavy (non-hydrogen) atoms. The van der Waals surface area contributed by atoms with Gasteiger partial charge >= 0.3 is 5.97 Å². The number of aromatic amines is 4. The number of nitrogens with zero attached hydrogens (tertiary/aromatic N) is 6. The van der Waals surface area contributed by atoms with Gasteiger partial charge in [-0.25, -0.2) is 24.8 Å². The quantitative estimate of drug-likeness (QED) is 0.152. The van der Waals surface area contributed by atoms with E-state index in [1.54, 1.807) is 6.07 Å². The fourth-order valence-corrected chi connectivity index (χ4v) is 7.28. The van der Waals surface area contributed by atoms with Gasteiger partial charge in [-0.3, -0.25) is 0 Å². The van der Waals surface area contributed by atoms with Crippen LogP contribution >= 0.6 is 0 Å². The first-order valence-electron chi connectivity index (χ1n) is 17.3. The molecular weight excluding hydrogens is 669 g/mol. The van der Waals surface area contributed by atoms with Crippen molar-refractivity contribution in [2.45, 2.75) is 6.10 Å². The summed E-state index contributed by atoms with van der Waals surface area (Å²) in [7, 11) is 7.86. The van der Waals surface area contributed by atoms with Crippen molar-refractivity contribution in [3.63, 3.8) is 0 Å². The third-order valence-corrected chi connectivity index (χ3v) is 9.46. The van der Waals surface area contributed by atoms with Crippen molar-refractivity contribution in [2.75, 3.05) is 41.3 Å². The molecule has 4 aromatic carbocycles. The van der Waals surface area contributed by atoms with Crippen LogP contribution in [0.1, 0.15) is 10.4 Å². The van der Waals surface area contributed by atoms with Gasteiger partial charge in [0.05, 0.1) is 0 Å². The van der Waals surface area contributed by atoms with E-state index >= 15 is 0 Å². The maximum Gasteiger partial charge on any atom is 0.340 e. The molecule has 5 heterocycles. The highest BCUT2D eigenvalue weighted by molar-refractivity contribution is 6.13. The van der Waals surface area contributed by atoms with Crippen LogP contribution < -0.4 is 26.7 Å². The molecule has 0 saturated heterocycles. The first kappa shape index (κ1) is 32.3. The zero-order chi connectivity index (χ0) is 36.4. The molecule has 0 saturated carbocycles.